The second-order valence-electron chi connectivity index (χ2n) is 11.1. The van der Waals surface area contributed by atoms with Crippen LogP contribution in [-0.4, -0.2) is 34.5 Å². The van der Waals surface area contributed by atoms with E-state index < -0.39 is 5.60 Å². The fourth-order valence-electron chi connectivity index (χ4n) is 6.19. The van der Waals surface area contributed by atoms with E-state index in [9.17, 15) is 5.11 Å². The molecule has 3 N–H and O–H groups in total. The molecule has 2 saturated heterocycles. The van der Waals surface area contributed by atoms with E-state index >= 15 is 0 Å². The Kier molecular flexibility index (Phi) is 3.79. The van der Waals surface area contributed by atoms with Crippen LogP contribution in [0.2, 0.25) is 0 Å². The van der Waals surface area contributed by atoms with Crippen molar-refractivity contribution in [3.05, 3.63) is 47.2 Å². The molecule has 1 spiro atoms. The van der Waals surface area contributed by atoms with Gasteiger partial charge in [-0.25, -0.2) is 4.98 Å². The quantitative estimate of drug-likeness (QED) is 0.570. The van der Waals surface area contributed by atoms with Crippen molar-refractivity contribution in [3.8, 4) is 0 Å². The first-order valence-corrected chi connectivity index (χ1v) is 11.6. The summed E-state index contributed by atoms with van der Waals surface area (Å²) in [5.41, 5.74) is 5.26. The molecule has 2 bridgehead atoms. The van der Waals surface area contributed by atoms with Crippen LogP contribution < -0.4 is 10.2 Å². The van der Waals surface area contributed by atoms with Crippen LogP contribution in [0, 0.1) is 23.2 Å². The molecular formula is C26H32N4O. The first-order chi connectivity index (χ1) is 14.7. The molecule has 0 amide bonds. The summed E-state index contributed by atoms with van der Waals surface area (Å²) >= 11 is 0. The van der Waals surface area contributed by atoms with Crippen LogP contribution in [0.1, 0.15) is 68.7 Å². The van der Waals surface area contributed by atoms with Gasteiger partial charge in [0.2, 0.25) is 0 Å². The lowest BCUT2D eigenvalue weighted by atomic mass is 9.61. The van der Waals surface area contributed by atoms with Gasteiger partial charge in [-0.2, -0.15) is 0 Å². The van der Waals surface area contributed by atoms with E-state index in [0.29, 0.717) is 17.4 Å². The maximum Gasteiger partial charge on any atom is 0.131 e. The monoisotopic (exact) mass is 416 g/mol. The number of rotatable bonds is 6. The zero-order valence-corrected chi connectivity index (χ0v) is 18.7. The molecule has 3 aliphatic carbocycles. The predicted molar refractivity (Wildman–Crippen MR) is 125 cm³/mol. The van der Waals surface area contributed by atoms with Gasteiger partial charge in [-0.05, 0) is 81.9 Å². The van der Waals surface area contributed by atoms with Crippen molar-refractivity contribution in [2.45, 2.75) is 70.4 Å². The Morgan fingerprint density at radius 1 is 1.19 bits per heavy atom. The molecule has 5 nitrogen and oxygen atoms in total. The summed E-state index contributed by atoms with van der Waals surface area (Å²) in [6.07, 6.45) is 7.60. The van der Waals surface area contributed by atoms with Crippen molar-refractivity contribution in [2.24, 2.45) is 10.8 Å². The Morgan fingerprint density at radius 3 is 2.58 bits per heavy atom. The average Bonchev–Trinajstić information content (AvgIpc) is 3.52. The van der Waals surface area contributed by atoms with Gasteiger partial charge in [0.25, 0.3) is 0 Å². The summed E-state index contributed by atoms with van der Waals surface area (Å²) in [5, 5.41) is 22.1. The number of aryl methyl sites for hydroxylation is 1. The normalized spacial score (nSPS) is 29.6. The minimum Gasteiger partial charge on any atom is -0.390 e. The highest BCUT2D eigenvalue weighted by molar-refractivity contribution is 5.88. The second kappa shape index (κ2) is 6.10. The topological polar surface area (TPSA) is 72.2 Å². The third-order valence-electron chi connectivity index (χ3n) is 8.69. The van der Waals surface area contributed by atoms with E-state index in [2.05, 4.69) is 40.5 Å². The van der Waals surface area contributed by atoms with E-state index in [1.54, 1.807) is 0 Å². The Bertz CT molecular complexity index is 1080. The predicted octanol–water partition coefficient (Wildman–Crippen LogP) is 5.14. The third kappa shape index (κ3) is 2.93. The van der Waals surface area contributed by atoms with Gasteiger partial charge in [0.15, 0.2) is 0 Å². The fourth-order valence-corrected chi connectivity index (χ4v) is 6.19. The number of aliphatic hydroxyl groups is 1. The van der Waals surface area contributed by atoms with Crippen molar-refractivity contribution in [1.29, 1.82) is 5.41 Å². The second-order valence-corrected chi connectivity index (χ2v) is 11.1. The lowest BCUT2D eigenvalue weighted by molar-refractivity contribution is -0.0754. The van der Waals surface area contributed by atoms with Gasteiger partial charge in [0, 0.05) is 52.9 Å². The molecule has 0 radical (unpaired) electrons. The van der Waals surface area contributed by atoms with Gasteiger partial charge in [-0.1, -0.05) is 12.1 Å². The van der Waals surface area contributed by atoms with Gasteiger partial charge in [-0.3, -0.25) is 0 Å². The number of pyridine rings is 1. The number of benzene rings is 1. The van der Waals surface area contributed by atoms with Crippen molar-refractivity contribution < 1.29 is 5.11 Å². The summed E-state index contributed by atoms with van der Waals surface area (Å²) in [6, 6.07) is 11.2. The number of nitrogens with one attached hydrogen (secondary N) is 2. The molecule has 31 heavy (non-hydrogen) atoms. The van der Waals surface area contributed by atoms with Crippen LogP contribution >= 0.6 is 0 Å². The Hall–Kier alpha value is -2.40. The molecule has 3 saturated carbocycles. The molecule has 5 fully saturated rings. The minimum atomic E-state index is -0.663. The largest absolute Gasteiger partial charge is 0.390 e. The first kappa shape index (κ1) is 19.3. The SMILES string of the molecule is Cc1cc(Nc2cc(C3CC34CC4)ccc2C=N)cc(N2CC3(C(C)(C)O)CC2C3)n1. The summed E-state index contributed by atoms with van der Waals surface area (Å²) in [7, 11) is 0. The highest BCUT2D eigenvalue weighted by atomic mass is 16.3. The molecule has 1 unspecified atom stereocenters. The van der Waals surface area contributed by atoms with Gasteiger partial charge in [-0.15, -0.1) is 0 Å². The third-order valence-corrected chi connectivity index (χ3v) is 8.69. The van der Waals surface area contributed by atoms with Gasteiger partial charge in [0.1, 0.15) is 5.82 Å². The van der Waals surface area contributed by atoms with E-state index in [1.807, 2.05) is 20.8 Å². The summed E-state index contributed by atoms with van der Waals surface area (Å²) in [6.45, 7) is 6.79. The molecule has 2 aliphatic heterocycles. The van der Waals surface area contributed by atoms with Crippen LogP contribution in [0.4, 0.5) is 17.2 Å². The maximum absolute atomic E-state index is 10.7. The molecule has 5 heteroatoms. The number of anilines is 3. The fraction of sp³-hybridized carbons (Fsp3) is 0.538. The maximum atomic E-state index is 10.7. The first-order valence-electron chi connectivity index (χ1n) is 11.6. The molecule has 3 heterocycles. The highest BCUT2D eigenvalue weighted by Gasteiger charge is 2.63. The summed E-state index contributed by atoms with van der Waals surface area (Å²) in [4.78, 5) is 7.21. The molecule has 1 aromatic heterocycles. The lowest BCUT2D eigenvalue weighted by Crippen LogP contribution is -2.50. The molecular weight excluding hydrogens is 384 g/mol. The number of hydrogen-bond donors (Lipinski definition) is 3. The summed E-state index contributed by atoms with van der Waals surface area (Å²) < 4.78 is 0. The van der Waals surface area contributed by atoms with Gasteiger partial charge >= 0.3 is 0 Å². The zero-order chi connectivity index (χ0) is 21.6. The molecule has 1 aromatic carbocycles. The standard InChI is InChI=1S/C26H32N4O/c1-16-8-19(10-23(28-16)30-15-26(24(2,3)31)11-20(30)12-26)29-22-9-17(4-5-18(22)14-27)21-13-25(21)6-7-25/h4-5,8-10,14,20-21,27,31H,6-7,11-13,15H2,1-3H3,(H,28,29). The van der Waals surface area contributed by atoms with Crippen molar-refractivity contribution in [3.63, 3.8) is 0 Å². The van der Waals surface area contributed by atoms with Crippen molar-refractivity contribution in [2.75, 3.05) is 16.8 Å². The zero-order valence-electron chi connectivity index (χ0n) is 18.7. The minimum absolute atomic E-state index is 0.0125. The molecule has 2 aromatic rings. The van der Waals surface area contributed by atoms with Crippen LogP contribution in [-0.2, 0) is 0 Å². The smallest absolute Gasteiger partial charge is 0.131 e. The van der Waals surface area contributed by atoms with Crippen LogP contribution in [0.5, 0.6) is 0 Å². The summed E-state index contributed by atoms with van der Waals surface area (Å²) in [5.74, 6) is 1.69. The van der Waals surface area contributed by atoms with E-state index in [1.165, 1.54) is 31.0 Å². The molecule has 5 aliphatic rings. The van der Waals surface area contributed by atoms with Crippen LogP contribution in [0.3, 0.4) is 0 Å². The van der Waals surface area contributed by atoms with Gasteiger partial charge in [0.05, 0.1) is 5.60 Å². The van der Waals surface area contributed by atoms with Crippen molar-refractivity contribution in [1.82, 2.24) is 4.98 Å². The van der Waals surface area contributed by atoms with Crippen LogP contribution in [0.15, 0.2) is 30.3 Å². The van der Waals surface area contributed by atoms with E-state index in [0.717, 1.165) is 47.8 Å². The number of aromatic nitrogens is 1. The molecule has 162 valence electrons. The lowest BCUT2D eigenvalue weighted by Gasteiger charge is -2.45. The average molecular weight is 417 g/mol. The van der Waals surface area contributed by atoms with Crippen LogP contribution in [0.25, 0.3) is 0 Å². The van der Waals surface area contributed by atoms with E-state index in [-0.39, 0.29) is 5.41 Å². The van der Waals surface area contributed by atoms with Crippen molar-refractivity contribution >= 4 is 23.4 Å². The Labute approximate surface area is 184 Å². The van der Waals surface area contributed by atoms with E-state index in [4.69, 9.17) is 10.4 Å². The highest BCUT2D eigenvalue weighted by Crippen LogP contribution is 2.75. The molecule has 1 atom stereocenters. The number of fused-ring (bicyclic) bond motifs is 1. The van der Waals surface area contributed by atoms with Gasteiger partial charge < -0.3 is 20.7 Å². The Balaban J connectivity index is 1.28. The number of nitrogens with zero attached hydrogens (tertiary/aromatic N) is 2. The number of hydrogen-bond acceptors (Lipinski definition) is 5. The molecule has 7 rings (SSSR count). The Morgan fingerprint density at radius 2 is 1.97 bits per heavy atom.